The maximum Gasteiger partial charge on any atom is 0.257 e. The van der Waals surface area contributed by atoms with Gasteiger partial charge < -0.3 is 25.4 Å². The standard InChI is InChI=1S/C28H36N4O5/c1-36-20-12-13-22(24(18-20)37-2)28(35)32-16-14-31(15-17-32)23-11-7-6-10-21(23)27(34)30-25(26(29)33)19-8-4-3-5-9-19/h3-5,8-9,12-13,18,21,23,25H,6-7,10-11,14-17H2,1-2H3,(H2,29,33)(H,30,34)/t21-,23-,25+/m1/s1. The van der Waals surface area contributed by atoms with Crippen molar-refractivity contribution in [1.82, 2.24) is 15.1 Å². The third-order valence-electron chi connectivity index (χ3n) is 7.48. The van der Waals surface area contributed by atoms with Gasteiger partial charge >= 0.3 is 0 Å². The lowest BCUT2D eigenvalue weighted by molar-refractivity contribution is -0.133. The molecule has 2 aromatic rings. The molecule has 9 heteroatoms. The third kappa shape index (κ3) is 6.05. The summed E-state index contributed by atoms with van der Waals surface area (Å²) in [7, 11) is 3.11. The van der Waals surface area contributed by atoms with Crippen LogP contribution in [0.5, 0.6) is 11.5 Å². The van der Waals surface area contributed by atoms with E-state index in [1.54, 1.807) is 44.6 Å². The summed E-state index contributed by atoms with van der Waals surface area (Å²) in [6.45, 7) is 2.48. The zero-order valence-corrected chi connectivity index (χ0v) is 21.5. The molecule has 2 fully saturated rings. The summed E-state index contributed by atoms with van der Waals surface area (Å²) < 4.78 is 10.7. The molecule has 0 spiro atoms. The molecule has 1 aliphatic heterocycles. The summed E-state index contributed by atoms with van der Waals surface area (Å²) in [5, 5.41) is 2.91. The molecule has 0 radical (unpaired) electrons. The van der Waals surface area contributed by atoms with Crippen molar-refractivity contribution in [2.45, 2.75) is 37.8 Å². The van der Waals surface area contributed by atoms with Gasteiger partial charge in [-0.2, -0.15) is 0 Å². The molecule has 0 aromatic heterocycles. The average Bonchev–Trinajstić information content (AvgIpc) is 2.95. The topological polar surface area (TPSA) is 114 Å². The van der Waals surface area contributed by atoms with Crippen molar-refractivity contribution < 1.29 is 23.9 Å². The number of carbonyl (C=O) groups excluding carboxylic acids is 3. The maximum atomic E-state index is 13.4. The fourth-order valence-electron chi connectivity index (χ4n) is 5.47. The van der Waals surface area contributed by atoms with Gasteiger partial charge in [0, 0.05) is 38.3 Å². The lowest BCUT2D eigenvalue weighted by Gasteiger charge is -2.44. The maximum absolute atomic E-state index is 13.4. The molecule has 1 saturated heterocycles. The summed E-state index contributed by atoms with van der Waals surface area (Å²) in [5.41, 5.74) is 6.82. The van der Waals surface area contributed by atoms with Crippen molar-refractivity contribution in [3.8, 4) is 11.5 Å². The lowest BCUT2D eigenvalue weighted by Crippen LogP contribution is -2.56. The van der Waals surface area contributed by atoms with E-state index in [-0.39, 0.29) is 23.8 Å². The van der Waals surface area contributed by atoms with Gasteiger partial charge in [-0.1, -0.05) is 43.2 Å². The SMILES string of the molecule is COc1ccc(C(=O)N2CCN([C@@H]3CCCC[C@H]3C(=O)N[C@H](C(N)=O)c3ccccc3)CC2)c(OC)c1. The van der Waals surface area contributed by atoms with Gasteiger partial charge in [0.1, 0.15) is 17.5 Å². The number of piperazine rings is 1. The van der Waals surface area contributed by atoms with Crippen LogP contribution in [-0.4, -0.2) is 74.0 Å². The predicted octanol–water partition coefficient (Wildman–Crippen LogP) is 2.36. The largest absolute Gasteiger partial charge is 0.497 e. The smallest absolute Gasteiger partial charge is 0.257 e. The Balaban J connectivity index is 1.41. The Morgan fingerprint density at radius 1 is 0.946 bits per heavy atom. The van der Waals surface area contributed by atoms with Crippen LogP contribution < -0.4 is 20.5 Å². The van der Waals surface area contributed by atoms with E-state index in [1.165, 1.54) is 0 Å². The second-order valence-electron chi connectivity index (χ2n) is 9.61. The summed E-state index contributed by atoms with van der Waals surface area (Å²) in [6.07, 6.45) is 3.69. The van der Waals surface area contributed by atoms with Gasteiger partial charge in [0.05, 0.1) is 25.7 Å². The molecule has 37 heavy (non-hydrogen) atoms. The summed E-state index contributed by atoms with van der Waals surface area (Å²) in [4.78, 5) is 42.9. The molecule has 2 aromatic carbocycles. The van der Waals surface area contributed by atoms with Crippen LogP contribution in [0.4, 0.5) is 0 Å². The van der Waals surface area contributed by atoms with E-state index >= 15 is 0 Å². The number of ether oxygens (including phenoxy) is 2. The van der Waals surface area contributed by atoms with Crippen molar-refractivity contribution in [2.24, 2.45) is 11.7 Å². The van der Waals surface area contributed by atoms with Crippen molar-refractivity contribution in [3.05, 3.63) is 59.7 Å². The summed E-state index contributed by atoms with van der Waals surface area (Å²) in [6, 6.07) is 13.5. The molecule has 198 valence electrons. The highest BCUT2D eigenvalue weighted by Gasteiger charge is 2.38. The number of hydrogen-bond donors (Lipinski definition) is 2. The molecule has 1 heterocycles. The van der Waals surface area contributed by atoms with E-state index < -0.39 is 11.9 Å². The predicted molar refractivity (Wildman–Crippen MR) is 139 cm³/mol. The minimum Gasteiger partial charge on any atom is -0.497 e. The van der Waals surface area contributed by atoms with Crippen LogP contribution in [0.1, 0.15) is 47.6 Å². The number of primary amides is 1. The summed E-state index contributed by atoms with van der Waals surface area (Å²) in [5.74, 6) is 0.0863. The number of nitrogens with one attached hydrogen (secondary N) is 1. The van der Waals surface area contributed by atoms with Crippen LogP contribution in [0.3, 0.4) is 0 Å². The zero-order valence-electron chi connectivity index (χ0n) is 21.5. The molecule has 4 rings (SSSR count). The molecule has 1 saturated carbocycles. The molecular weight excluding hydrogens is 472 g/mol. The molecule has 0 unspecified atom stereocenters. The number of hydrogen-bond acceptors (Lipinski definition) is 6. The second kappa shape index (κ2) is 12.1. The number of nitrogens with two attached hydrogens (primary N) is 1. The van der Waals surface area contributed by atoms with Gasteiger partial charge in [0.2, 0.25) is 11.8 Å². The summed E-state index contributed by atoms with van der Waals surface area (Å²) >= 11 is 0. The van der Waals surface area contributed by atoms with Crippen LogP contribution in [0.15, 0.2) is 48.5 Å². The Morgan fingerprint density at radius 2 is 1.65 bits per heavy atom. The Hall–Kier alpha value is -3.59. The first-order valence-electron chi connectivity index (χ1n) is 12.8. The number of benzene rings is 2. The first-order valence-corrected chi connectivity index (χ1v) is 12.8. The minimum atomic E-state index is -0.856. The van der Waals surface area contributed by atoms with E-state index in [2.05, 4.69) is 10.2 Å². The molecule has 9 nitrogen and oxygen atoms in total. The number of carbonyl (C=O) groups is 3. The number of nitrogens with zero attached hydrogens (tertiary/aromatic N) is 2. The van der Waals surface area contributed by atoms with Gasteiger partial charge in [-0.25, -0.2) is 0 Å². The minimum absolute atomic E-state index is 0.0609. The Morgan fingerprint density at radius 3 is 2.30 bits per heavy atom. The highest BCUT2D eigenvalue weighted by Crippen LogP contribution is 2.31. The first-order chi connectivity index (χ1) is 17.9. The van der Waals surface area contributed by atoms with Crippen molar-refractivity contribution >= 4 is 17.7 Å². The van der Waals surface area contributed by atoms with Gasteiger partial charge in [-0.05, 0) is 30.5 Å². The normalized spacial score (nSPS) is 21.1. The van der Waals surface area contributed by atoms with Crippen molar-refractivity contribution in [2.75, 3.05) is 40.4 Å². The lowest BCUT2D eigenvalue weighted by atomic mass is 9.82. The molecule has 3 atom stereocenters. The van der Waals surface area contributed by atoms with E-state index in [0.717, 1.165) is 25.7 Å². The molecule has 1 aliphatic carbocycles. The number of methoxy groups -OCH3 is 2. The molecule has 2 aliphatic rings. The molecule has 3 amide bonds. The Bertz CT molecular complexity index is 1100. The van der Waals surface area contributed by atoms with E-state index in [9.17, 15) is 14.4 Å². The first kappa shape index (κ1) is 26.5. The van der Waals surface area contributed by atoms with Gasteiger partial charge in [0.15, 0.2) is 0 Å². The number of amides is 3. The van der Waals surface area contributed by atoms with Crippen LogP contribution in [0.2, 0.25) is 0 Å². The van der Waals surface area contributed by atoms with Crippen molar-refractivity contribution in [3.63, 3.8) is 0 Å². The molecule has 0 bridgehead atoms. The van der Waals surface area contributed by atoms with Crippen LogP contribution in [0, 0.1) is 5.92 Å². The van der Waals surface area contributed by atoms with E-state index in [1.807, 2.05) is 23.1 Å². The molecule has 3 N–H and O–H groups in total. The number of rotatable bonds is 8. The Kier molecular flexibility index (Phi) is 8.66. The van der Waals surface area contributed by atoms with Crippen LogP contribution in [-0.2, 0) is 9.59 Å². The zero-order chi connectivity index (χ0) is 26.4. The monoisotopic (exact) mass is 508 g/mol. The van der Waals surface area contributed by atoms with Gasteiger partial charge in [0.25, 0.3) is 5.91 Å². The van der Waals surface area contributed by atoms with E-state index in [4.69, 9.17) is 15.2 Å². The van der Waals surface area contributed by atoms with Gasteiger partial charge in [-0.3, -0.25) is 19.3 Å². The average molecular weight is 509 g/mol. The fourth-order valence-corrected chi connectivity index (χ4v) is 5.47. The second-order valence-corrected chi connectivity index (χ2v) is 9.61. The molecular formula is C28H36N4O5. The van der Waals surface area contributed by atoms with Gasteiger partial charge in [-0.15, -0.1) is 0 Å². The van der Waals surface area contributed by atoms with E-state index in [0.29, 0.717) is 48.8 Å². The third-order valence-corrected chi connectivity index (χ3v) is 7.48. The highest BCUT2D eigenvalue weighted by molar-refractivity contribution is 5.97. The van der Waals surface area contributed by atoms with Crippen molar-refractivity contribution in [1.29, 1.82) is 0 Å². The highest BCUT2D eigenvalue weighted by atomic mass is 16.5. The van der Waals surface area contributed by atoms with Crippen LogP contribution in [0.25, 0.3) is 0 Å². The fraction of sp³-hybridized carbons (Fsp3) is 0.464. The Labute approximate surface area is 217 Å². The van der Waals surface area contributed by atoms with Crippen LogP contribution >= 0.6 is 0 Å². The quantitative estimate of drug-likeness (QED) is 0.566.